The summed E-state index contributed by atoms with van der Waals surface area (Å²) in [5.74, 6) is 0.352. The Morgan fingerprint density at radius 3 is 2.26 bits per heavy atom. The van der Waals surface area contributed by atoms with Gasteiger partial charge in [-0.15, -0.1) is 0 Å². The van der Waals surface area contributed by atoms with E-state index in [1.54, 1.807) is 24.3 Å². The molecule has 0 bridgehead atoms. The van der Waals surface area contributed by atoms with E-state index in [0.717, 1.165) is 5.56 Å². The van der Waals surface area contributed by atoms with Crippen molar-refractivity contribution in [3.05, 3.63) is 29.8 Å². The summed E-state index contributed by atoms with van der Waals surface area (Å²) in [5.41, 5.74) is 0.977. The maximum Gasteiger partial charge on any atom is 0.241 e. The Bertz CT molecular complexity index is 670. The molecule has 1 unspecified atom stereocenters. The van der Waals surface area contributed by atoms with Crippen LogP contribution in [0, 0.1) is 18.8 Å². The smallest absolute Gasteiger partial charge is 0.241 e. The molecule has 2 N–H and O–H groups in total. The third kappa shape index (κ3) is 9.35. The number of amides is 1. The zero-order chi connectivity index (χ0) is 20.4. The number of ether oxygens (including phenoxy) is 1. The van der Waals surface area contributed by atoms with Gasteiger partial charge in [-0.2, -0.15) is 4.72 Å². The van der Waals surface area contributed by atoms with Crippen LogP contribution in [0.15, 0.2) is 29.2 Å². The van der Waals surface area contributed by atoms with E-state index >= 15 is 0 Å². The largest absolute Gasteiger partial charge is 0.381 e. The Hall–Kier alpha value is -1.44. The average Bonchev–Trinajstić information content (AvgIpc) is 2.56. The highest BCUT2D eigenvalue weighted by molar-refractivity contribution is 7.89. The fourth-order valence-electron chi connectivity index (χ4n) is 2.48. The van der Waals surface area contributed by atoms with Crippen molar-refractivity contribution in [1.29, 1.82) is 0 Å². The molecule has 0 aliphatic carbocycles. The Balaban J connectivity index is 2.63. The molecule has 0 aliphatic heterocycles. The van der Waals surface area contributed by atoms with Crippen molar-refractivity contribution in [3.63, 3.8) is 0 Å². The van der Waals surface area contributed by atoms with Crippen molar-refractivity contribution in [3.8, 4) is 0 Å². The molecule has 0 spiro atoms. The van der Waals surface area contributed by atoms with Crippen LogP contribution in [0.5, 0.6) is 0 Å². The topological polar surface area (TPSA) is 84.5 Å². The van der Waals surface area contributed by atoms with Gasteiger partial charge in [0.05, 0.1) is 4.90 Å². The van der Waals surface area contributed by atoms with Crippen LogP contribution < -0.4 is 10.0 Å². The summed E-state index contributed by atoms with van der Waals surface area (Å²) in [6.07, 6.45) is 1.12. The third-order valence-electron chi connectivity index (χ3n) is 3.87. The molecule has 0 saturated heterocycles. The summed E-state index contributed by atoms with van der Waals surface area (Å²) in [6, 6.07) is 5.78. The van der Waals surface area contributed by atoms with E-state index in [9.17, 15) is 13.2 Å². The van der Waals surface area contributed by atoms with Crippen LogP contribution in [0.4, 0.5) is 0 Å². The molecule has 0 radical (unpaired) electrons. The predicted molar refractivity (Wildman–Crippen MR) is 108 cm³/mol. The molecule has 1 atom stereocenters. The van der Waals surface area contributed by atoms with E-state index in [0.29, 0.717) is 38.5 Å². The van der Waals surface area contributed by atoms with E-state index in [2.05, 4.69) is 23.9 Å². The second kappa shape index (κ2) is 11.4. The van der Waals surface area contributed by atoms with E-state index in [1.165, 1.54) is 0 Å². The van der Waals surface area contributed by atoms with Crippen molar-refractivity contribution in [1.82, 2.24) is 10.0 Å². The van der Waals surface area contributed by atoms with Crippen molar-refractivity contribution in [2.45, 2.75) is 58.4 Å². The molecule has 1 amide bonds. The number of rotatable bonds is 12. The minimum Gasteiger partial charge on any atom is -0.381 e. The number of aryl methyl sites for hydroxylation is 1. The molecule has 1 aromatic rings. The number of sulfonamides is 1. The van der Waals surface area contributed by atoms with Crippen LogP contribution in [-0.4, -0.2) is 40.1 Å². The Kier molecular flexibility index (Phi) is 9.98. The Morgan fingerprint density at radius 1 is 1.07 bits per heavy atom. The maximum atomic E-state index is 12.6. The first kappa shape index (κ1) is 23.6. The molecule has 0 aliphatic rings. The van der Waals surface area contributed by atoms with Gasteiger partial charge in [0.25, 0.3) is 0 Å². The van der Waals surface area contributed by atoms with Gasteiger partial charge in [-0.05, 0) is 43.7 Å². The molecule has 0 heterocycles. The summed E-state index contributed by atoms with van der Waals surface area (Å²) in [6.45, 7) is 11.7. The second-order valence-electron chi connectivity index (χ2n) is 7.73. The van der Waals surface area contributed by atoms with Crippen molar-refractivity contribution < 1.29 is 17.9 Å². The van der Waals surface area contributed by atoms with Crippen molar-refractivity contribution in [2.75, 3.05) is 19.8 Å². The highest BCUT2D eigenvalue weighted by atomic mass is 32.2. The SMILES string of the molecule is Cc1ccc(S(=O)(=O)NC(CC(C)C)C(=O)NCCCOCC(C)C)cc1. The summed E-state index contributed by atoms with van der Waals surface area (Å²) in [7, 11) is -3.75. The highest BCUT2D eigenvalue weighted by Crippen LogP contribution is 2.13. The predicted octanol–water partition coefficient (Wildman–Crippen LogP) is 2.87. The number of benzene rings is 1. The number of carbonyl (C=O) groups is 1. The normalized spacial score (nSPS) is 13.1. The van der Waals surface area contributed by atoms with Crippen LogP contribution in [-0.2, 0) is 19.6 Å². The summed E-state index contributed by atoms with van der Waals surface area (Å²) in [5, 5.41) is 2.81. The summed E-state index contributed by atoms with van der Waals surface area (Å²) < 4.78 is 33.3. The Morgan fingerprint density at radius 2 is 1.70 bits per heavy atom. The van der Waals surface area contributed by atoms with Crippen molar-refractivity contribution in [2.24, 2.45) is 11.8 Å². The molecule has 1 aromatic carbocycles. The first-order chi connectivity index (χ1) is 12.6. The second-order valence-corrected chi connectivity index (χ2v) is 9.44. The van der Waals surface area contributed by atoms with E-state index in [1.807, 2.05) is 20.8 Å². The van der Waals surface area contributed by atoms with Crippen LogP contribution in [0.25, 0.3) is 0 Å². The zero-order valence-corrected chi connectivity index (χ0v) is 17.9. The number of nitrogens with one attached hydrogen (secondary N) is 2. The molecule has 7 heteroatoms. The van der Waals surface area contributed by atoms with E-state index < -0.39 is 16.1 Å². The van der Waals surface area contributed by atoms with Crippen LogP contribution in [0.1, 0.15) is 46.1 Å². The first-order valence-electron chi connectivity index (χ1n) is 9.56. The van der Waals surface area contributed by atoms with Gasteiger partial charge in [-0.3, -0.25) is 4.79 Å². The van der Waals surface area contributed by atoms with Gasteiger partial charge in [0.15, 0.2) is 0 Å². The summed E-state index contributed by atoms with van der Waals surface area (Å²) in [4.78, 5) is 12.7. The van der Waals surface area contributed by atoms with Gasteiger partial charge >= 0.3 is 0 Å². The molecule has 1 rings (SSSR count). The van der Waals surface area contributed by atoms with Crippen LogP contribution in [0.2, 0.25) is 0 Å². The maximum absolute atomic E-state index is 12.6. The zero-order valence-electron chi connectivity index (χ0n) is 17.1. The first-order valence-corrected chi connectivity index (χ1v) is 11.0. The molecule has 0 fully saturated rings. The van der Waals surface area contributed by atoms with Crippen LogP contribution >= 0.6 is 0 Å². The molecule has 0 aromatic heterocycles. The van der Waals surface area contributed by atoms with Gasteiger partial charge in [0, 0.05) is 19.8 Å². The van der Waals surface area contributed by atoms with Gasteiger partial charge < -0.3 is 10.1 Å². The lowest BCUT2D eigenvalue weighted by molar-refractivity contribution is -0.123. The molecular weight excluding hydrogens is 364 g/mol. The number of hydrogen-bond donors (Lipinski definition) is 2. The standard InChI is InChI=1S/C20H34N2O4S/c1-15(2)13-19(20(23)21-11-6-12-26-14-16(3)4)22-27(24,25)18-9-7-17(5)8-10-18/h7-10,15-16,19,22H,6,11-14H2,1-5H3,(H,21,23). The fraction of sp³-hybridized carbons (Fsp3) is 0.650. The molecule has 6 nitrogen and oxygen atoms in total. The quantitative estimate of drug-likeness (QED) is 0.530. The number of carbonyl (C=O) groups excluding carboxylic acids is 1. The lowest BCUT2D eigenvalue weighted by atomic mass is 10.0. The molecule has 0 saturated carbocycles. The van der Waals surface area contributed by atoms with Gasteiger partial charge in [0.1, 0.15) is 6.04 Å². The minimum absolute atomic E-state index is 0.164. The lowest BCUT2D eigenvalue weighted by Crippen LogP contribution is -2.47. The van der Waals surface area contributed by atoms with E-state index in [4.69, 9.17) is 4.74 Å². The van der Waals surface area contributed by atoms with Gasteiger partial charge in [0.2, 0.25) is 15.9 Å². The highest BCUT2D eigenvalue weighted by Gasteiger charge is 2.26. The lowest BCUT2D eigenvalue weighted by Gasteiger charge is -2.20. The third-order valence-corrected chi connectivity index (χ3v) is 5.36. The van der Waals surface area contributed by atoms with Gasteiger partial charge in [-0.1, -0.05) is 45.4 Å². The summed E-state index contributed by atoms with van der Waals surface area (Å²) >= 11 is 0. The minimum atomic E-state index is -3.75. The van der Waals surface area contributed by atoms with Crippen molar-refractivity contribution >= 4 is 15.9 Å². The molecular formula is C20H34N2O4S. The monoisotopic (exact) mass is 398 g/mol. The van der Waals surface area contributed by atoms with E-state index in [-0.39, 0.29) is 16.7 Å². The molecule has 27 heavy (non-hydrogen) atoms. The molecule has 154 valence electrons. The average molecular weight is 399 g/mol. The van der Waals surface area contributed by atoms with Gasteiger partial charge in [-0.25, -0.2) is 8.42 Å². The fourth-order valence-corrected chi connectivity index (χ4v) is 3.69. The number of hydrogen-bond acceptors (Lipinski definition) is 4. The van der Waals surface area contributed by atoms with Crippen LogP contribution in [0.3, 0.4) is 0 Å². The Labute approximate surface area is 164 Å².